The summed E-state index contributed by atoms with van der Waals surface area (Å²) in [5.41, 5.74) is 1.95. The molecule has 3 aliphatic rings. The molecule has 1 aromatic rings. The van der Waals surface area contributed by atoms with Crippen molar-refractivity contribution in [3.8, 4) is 5.75 Å². The Bertz CT molecular complexity index is 648. The molecule has 1 aromatic carbocycles. The summed E-state index contributed by atoms with van der Waals surface area (Å²) in [5, 5.41) is 8.99. The largest absolute Gasteiger partial charge is 0.489 e. The first-order chi connectivity index (χ1) is 11.2. The Hall–Kier alpha value is -2.28. The zero-order chi connectivity index (χ0) is 15.8. The average Bonchev–Trinajstić information content (AvgIpc) is 2.57. The summed E-state index contributed by atoms with van der Waals surface area (Å²) in [6, 6.07) is 5.89. The Morgan fingerprint density at radius 3 is 3.09 bits per heavy atom. The summed E-state index contributed by atoms with van der Waals surface area (Å²) in [4.78, 5) is 25.5. The van der Waals surface area contributed by atoms with E-state index in [2.05, 4.69) is 20.9 Å². The van der Waals surface area contributed by atoms with Gasteiger partial charge in [0.25, 0.3) is 0 Å². The Morgan fingerprint density at radius 1 is 1.30 bits per heavy atom. The van der Waals surface area contributed by atoms with E-state index in [0.717, 1.165) is 36.8 Å². The highest BCUT2D eigenvalue weighted by atomic mass is 16.5. The third kappa shape index (κ3) is 2.72. The van der Waals surface area contributed by atoms with Gasteiger partial charge in [-0.05, 0) is 24.6 Å². The van der Waals surface area contributed by atoms with Gasteiger partial charge in [-0.25, -0.2) is 0 Å². The zero-order valence-electron chi connectivity index (χ0n) is 12.8. The van der Waals surface area contributed by atoms with Crippen LogP contribution in [0.25, 0.3) is 0 Å². The lowest BCUT2D eigenvalue weighted by Crippen LogP contribution is -2.55. The topological polar surface area (TPSA) is 82.7 Å². The Balaban J connectivity index is 1.54. The molecule has 0 aromatic heterocycles. The summed E-state index contributed by atoms with van der Waals surface area (Å²) in [7, 11) is 0. The lowest BCUT2D eigenvalue weighted by atomic mass is 10.0. The molecule has 2 fully saturated rings. The van der Waals surface area contributed by atoms with E-state index in [0.29, 0.717) is 25.5 Å². The Morgan fingerprint density at radius 2 is 2.22 bits per heavy atom. The fraction of sp³-hybridized carbons (Fsp3) is 0.500. The maximum atomic E-state index is 11.9. The number of anilines is 2. The summed E-state index contributed by atoms with van der Waals surface area (Å²) in [5.74, 6) is 0.433. The van der Waals surface area contributed by atoms with Gasteiger partial charge in [-0.3, -0.25) is 14.9 Å². The van der Waals surface area contributed by atoms with Crippen LogP contribution in [0.1, 0.15) is 12.8 Å². The van der Waals surface area contributed by atoms with Gasteiger partial charge < -0.3 is 20.3 Å². The molecular weight excluding hydrogens is 296 g/mol. The first kappa shape index (κ1) is 14.3. The highest BCUT2D eigenvalue weighted by Gasteiger charge is 2.31. The van der Waals surface area contributed by atoms with Crippen molar-refractivity contribution < 1.29 is 14.3 Å². The number of nitrogens with zero attached hydrogens (tertiary/aromatic N) is 1. The van der Waals surface area contributed by atoms with Gasteiger partial charge in [0, 0.05) is 31.7 Å². The van der Waals surface area contributed by atoms with Crippen LogP contribution in [0.2, 0.25) is 0 Å². The summed E-state index contributed by atoms with van der Waals surface area (Å²) < 4.78 is 5.84. The minimum Gasteiger partial charge on any atom is -0.489 e. The minimum absolute atomic E-state index is 0.199. The normalized spacial score (nSPS) is 26.7. The standard InChI is InChI=1S/C16H20N4O3/c21-15-4-2-12(16(22)19-15)18-10-1-3-14-13(7-10)20-6-5-17-8-11(20)9-23-14/h1,3,7,11-12,17-18H,2,4-6,8-9H2,(H,19,21,22)/t11-,12?/m1/s1. The number of piperidine rings is 1. The number of ether oxygens (including phenoxy) is 1. The molecule has 3 N–H and O–H groups in total. The van der Waals surface area contributed by atoms with Gasteiger partial charge in [0.1, 0.15) is 18.4 Å². The molecule has 3 heterocycles. The number of fused-ring (bicyclic) bond motifs is 3. The molecule has 0 bridgehead atoms. The maximum absolute atomic E-state index is 11.9. The van der Waals surface area contributed by atoms with Crippen molar-refractivity contribution in [3.05, 3.63) is 18.2 Å². The van der Waals surface area contributed by atoms with Gasteiger partial charge >= 0.3 is 0 Å². The van der Waals surface area contributed by atoms with Gasteiger partial charge in [-0.1, -0.05) is 0 Å². The molecule has 2 saturated heterocycles. The Labute approximate surface area is 134 Å². The van der Waals surface area contributed by atoms with Crippen LogP contribution in [0.5, 0.6) is 5.75 Å². The first-order valence-electron chi connectivity index (χ1n) is 8.05. The summed E-state index contributed by atoms with van der Waals surface area (Å²) in [6.45, 7) is 3.52. The molecule has 23 heavy (non-hydrogen) atoms. The van der Waals surface area contributed by atoms with Crippen molar-refractivity contribution in [2.75, 3.05) is 36.5 Å². The molecule has 2 atom stereocenters. The van der Waals surface area contributed by atoms with Crippen LogP contribution in [0.15, 0.2) is 18.2 Å². The number of benzene rings is 1. The van der Waals surface area contributed by atoms with Crippen LogP contribution < -0.4 is 25.6 Å². The van der Waals surface area contributed by atoms with Gasteiger partial charge in [0.2, 0.25) is 11.8 Å². The number of carbonyl (C=O) groups excluding carboxylic acids is 2. The van der Waals surface area contributed by atoms with Gasteiger partial charge in [0.15, 0.2) is 0 Å². The van der Waals surface area contributed by atoms with Crippen molar-refractivity contribution >= 4 is 23.2 Å². The van der Waals surface area contributed by atoms with Crippen LogP contribution in [0.3, 0.4) is 0 Å². The van der Waals surface area contributed by atoms with Crippen molar-refractivity contribution in [2.24, 2.45) is 0 Å². The highest BCUT2D eigenvalue weighted by molar-refractivity contribution is 6.01. The highest BCUT2D eigenvalue weighted by Crippen LogP contribution is 2.36. The third-order valence-corrected chi connectivity index (χ3v) is 4.63. The van der Waals surface area contributed by atoms with Crippen LogP contribution in [0, 0.1) is 0 Å². The average molecular weight is 316 g/mol. The van der Waals surface area contributed by atoms with E-state index in [-0.39, 0.29) is 17.9 Å². The van der Waals surface area contributed by atoms with E-state index >= 15 is 0 Å². The monoisotopic (exact) mass is 316 g/mol. The van der Waals surface area contributed by atoms with E-state index in [1.54, 1.807) is 0 Å². The predicted molar refractivity (Wildman–Crippen MR) is 85.7 cm³/mol. The SMILES string of the molecule is O=C1CCC(Nc2ccc3c(c2)N2CCNC[C@@H]2CO3)C(=O)N1. The van der Waals surface area contributed by atoms with Crippen LogP contribution in [0.4, 0.5) is 11.4 Å². The van der Waals surface area contributed by atoms with E-state index in [1.807, 2.05) is 18.2 Å². The molecule has 7 heteroatoms. The van der Waals surface area contributed by atoms with Gasteiger partial charge in [-0.2, -0.15) is 0 Å². The molecule has 122 valence electrons. The number of piperazine rings is 1. The number of rotatable bonds is 2. The number of hydrogen-bond donors (Lipinski definition) is 3. The fourth-order valence-corrected chi connectivity index (χ4v) is 3.40. The Kier molecular flexibility index (Phi) is 3.57. The van der Waals surface area contributed by atoms with E-state index in [1.165, 1.54) is 0 Å². The molecule has 0 spiro atoms. The molecule has 2 amide bonds. The van der Waals surface area contributed by atoms with E-state index in [9.17, 15) is 9.59 Å². The molecule has 0 aliphatic carbocycles. The van der Waals surface area contributed by atoms with E-state index in [4.69, 9.17) is 4.74 Å². The zero-order valence-corrected chi connectivity index (χ0v) is 12.8. The second-order valence-corrected chi connectivity index (χ2v) is 6.19. The van der Waals surface area contributed by atoms with Crippen LogP contribution in [-0.4, -0.2) is 50.1 Å². The van der Waals surface area contributed by atoms with Crippen molar-refractivity contribution in [3.63, 3.8) is 0 Å². The van der Waals surface area contributed by atoms with Gasteiger partial charge in [0.05, 0.1) is 11.7 Å². The van der Waals surface area contributed by atoms with Crippen LogP contribution >= 0.6 is 0 Å². The molecule has 4 rings (SSSR count). The van der Waals surface area contributed by atoms with Crippen molar-refractivity contribution in [1.29, 1.82) is 0 Å². The predicted octanol–water partition coefficient (Wildman–Crippen LogP) is 0.0743. The quantitative estimate of drug-likeness (QED) is 0.670. The number of nitrogens with one attached hydrogen (secondary N) is 3. The number of hydrogen-bond acceptors (Lipinski definition) is 6. The molecular formula is C16H20N4O3. The first-order valence-corrected chi connectivity index (χ1v) is 8.05. The van der Waals surface area contributed by atoms with Crippen molar-refractivity contribution in [1.82, 2.24) is 10.6 Å². The number of imide groups is 1. The minimum atomic E-state index is -0.367. The lowest BCUT2D eigenvalue weighted by Gasteiger charge is -2.42. The van der Waals surface area contributed by atoms with E-state index < -0.39 is 0 Å². The second kappa shape index (κ2) is 5.73. The fourth-order valence-electron chi connectivity index (χ4n) is 3.40. The molecule has 0 radical (unpaired) electrons. The van der Waals surface area contributed by atoms with Gasteiger partial charge in [-0.15, -0.1) is 0 Å². The molecule has 3 aliphatic heterocycles. The number of carbonyl (C=O) groups is 2. The molecule has 7 nitrogen and oxygen atoms in total. The lowest BCUT2D eigenvalue weighted by molar-refractivity contribution is -0.133. The third-order valence-electron chi connectivity index (χ3n) is 4.63. The number of amides is 2. The summed E-state index contributed by atoms with van der Waals surface area (Å²) in [6.07, 6.45) is 0.895. The summed E-state index contributed by atoms with van der Waals surface area (Å²) >= 11 is 0. The molecule has 1 unspecified atom stereocenters. The second-order valence-electron chi connectivity index (χ2n) is 6.19. The maximum Gasteiger partial charge on any atom is 0.249 e. The van der Waals surface area contributed by atoms with Crippen molar-refractivity contribution in [2.45, 2.75) is 24.9 Å². The smallest absolute Gasteiger partial charge is 0.249 e. The van der Waals surface area contributed by atoms with Crippen LogP contribution in [-0.2, 0) is 9.59 Å². The molecule has 0 saturated carbocycles.